The van der Waals surface area contributed by atoms with E-state index in [0.717, 1.165) is 66.7 Å². The van der Waals surface area contributed by atoms with Gasteiger partial charge >= 0.3 is 6.09 Å². The summed E-state index contributed by atoms with van der Waals surface area (Å²) in [4.78, 5) is 33.3. The van der Waals surface area contributed by atoms with E-state index in [1.165, 1.54) is 0 Å². The van der Waals surface area contributed by atoms with Gasteiger partial charge in [0, 0.05) is 32.7 Å². The molecule has 0 unspecified atom stereocenters. The molecule has 0 saturated carbocycles. The summed E-state index contributed by atoms with van der Waals surface area (Å²) in [5, 5.41) is 3.47. The van der Waals surface area contributed by atoms with Crippen molar-refractivity contribution in [3.8, 4) is 0 Å². The van der Waals surface area contributed by atoms with Gasteiger partial charge in [0.05, 0.1) is 23.4 Å². The molecule has 11 heteroatoms. The number of likely N-dealkylation sites (tertiary alicyclic amines) is 1. The molecule has 1 amide bonds. The molecule has 0 radical (unpaired) electrons. The Morgan fingerprint density at radius 2 is 2.00 bits per heavy atom. The fourth-order valence-corrected chi connectivity index (χ4v) is 5.76. The number of aromatic nitrogens is 6. The Balaban J connectivity index is 1.20. The van der Waals surface area contributed by atoms with E-state index in [-0.39, 0.29) is 18.4 Å². The molecular formula is C29H38N8O3. The van der Waals surface area contributed by atoms with Gasteiger partial charge in [-0.25, -0.2) is 24.7 Å². The number of anilines is 1. The summed E-state index contributed by atoms with van der Waals surface area (Å²) in [7, 11) is 0. The van der Waals surface area contributed by atoms with Gasteiger partial charge in [-0.15, -0.1) is 0 Å². The maximum atomic E-state index is 12.9. The van der Waals surface area contributed by atoms with Gasteiger partial charge in [-0.05, 0) is 65.0 Å². The SMILES string of the molecule is CC(C)(C)OC(=O)N1CCC[C@@H](n2c(CCNc3ncnc4c3ncn4[C@@H]3CCCCO3)nc3ccccc32)C1. The average molecular weight is 547 g/mol. The van der Waals surface area contributed by atoms with Crippen molar-refractivity contribution in [2.24, 2.45) is 0 Å². The first-order valence-electron chi connectivity index (χ1n) is 14.3. The van der Waals surface area contributed by atoms with E-state index in [0.29, 0.717) is 31.9 Å². The number of carbonyl (C=O) groups excluding carboxylic acids is 1. The second-order valence-corrected chi connectivity index (χ2v) is 11.7. The number of fused-ring (bicyclic) bond motifs is 2. The van der Waals surface area contributed by atoms with Crippen LogP contribution in [0, 0.1) is 0 Å². The van der Waals surface area contributed by atoms with Crippen molar-refractivity contribution in [2.45, 2.75) is 77.2 Å². The average Bonchev–Trinajstić information content (AvgIpc) is 3.55. The van der Waals surface area contributed by atoms with Gasteiger partial charge in [0.1, 0.15) is 24.0 Å². The highest BCUT2D eigenvalue weighted by molar-refractivity contribution is 5.82. The lowest BCUT2D eigenvalue weighted by Gasteiger charge is -2.35. The van der Waals surface area contributed by atoms with Crippen molar-refractivity contribution in [1.82, 2.24) is 34.0 Å². The lowest BCUT2D eigenvalue weighted by Crippen LogP contribution is -2.43. The highest BCUT2D eigenvalue weighted by Crippen LogP contribution is 2.30. The maximum absolute atomic E-state index is 12.9. The predicted octanol–water partition coefficient (Wildman–Crippen LogP) is 5.10. The Kier molecular flexibility index (Phi) is 7.31. The van der Waals surface area contributed by atoms with Crippen LogP contribution in [0.5, 0.6) is 0 Å². The Morgan fingerprint density at radius 3 is 2.83 bits per heavy atom. The topological polar surface area (TPSA) is 112 Å². The molecule has 2 atom stereocenters. The maximum Gasteiger partial charge on any atom is 0.410 e. The zero-order chi connectivity index (χ0) is 27.7. The molecule has 5 heterocycles. The molecule has 40 heavy (non-hydrogen) atoms. The molecule has 2 aliphatic rings. The molecule has 2 fully saturated rings. The molecule has 1 aromatic carbocycles. The van der Waals surface area contributed by atoms with Gasteiger partial charge in [0.2, 0.25) is 0 Å². The Hall–Kier alpha value is -3.73. The second-order valence-electron chi connectivity index (χ2n) is 11.7. The molecule has 0 spiro atoms. The van der Waals surface area contributed by atoms with Crippen molar-refractivity contribution < 1.29 is 14.3 Å². The van der Waals surface area contributed by atoms with Crippen molar-refractivity contribution in [3.05, 3.63) is 42.7 Å². The fraction of sp³-hybridized carbons (Fsp3) is 0.552. The normalized spacial score (nSPS) is 20.2. The Bertz CT molecular complexity index is 1480. The van der Waals surface area contributed by atoms with Crippen LogP contribution in [0.15, 0.2) is 36.9 Å². The van der Waals surface area contributed by atoms with Crippen LogP contribution in [0.2, 0.25) is 0 Å². The molecule has 3 aromatic heterocycles. The molecule has 1 N–H and O–H groups in total. The van der Waals surface area contributed by atoms with E-state index in [1.807, 2.05) is 48.4 Å². The number of amides is 1. The van der Waals surface area contributed by atoms with Crippen LogP contribution in [-0.4, -0.2) is 71.9 Å². The molecule has 4 aromatic rings. The van der Waals surface area contributed by atoms with Crippen molar-refractivity contribution in [3.63, 3.8) is 0 Å². The third-order valence-electron chi connectivity index (χ3n) is 7.55. The summed E-state index contributed by atoms with van der Waals surface area (Å²) in [5.74, 6) is 1.69. The summed E-state index contributed by atoms with van der Waals surface area (Å²) < 4.78 is 16.0. The molecule has 6 rings (SSSR count). The number of piperidine rings is 1. The summed E-state index contributed by atoms with van der Waals surface area (Å²) in [6.07, 6.45) is 8.87. The molecule has 11 nitrogen and oxygen atoms in total. The number of hydrogen-bond donors (Lipinski definition) is 1. The Morgan fingerprint density at radius 1 is 1.12 bits per heavy atom. The van der Waals surface area contributed by atoms with Gasteiger partial charge in [-0.3, -0.25) is 4.57 Å². The second kappa shape index (κ2) is 11.0. The van der Waals surface area contributed by atoms with Gasteiger partial charge < -0.3 is 24.3 Å². The quantitative estimate of drug-likeness (QED) is 0.355. The number of imidazole rings is 2. The summed E-state index contributed by atoms with van der Waals surface area (Å²) >= 11 is 0. The van der Waals surface area contributed by atoms with E-state index in [1.54, 1.807) is 12.7 Å². The summed E-state index contributed by atoms with van der Waals surface area (Å²) in [5.41, 5.74) is 3.05. The largest absolute Gasteiger partial charge is 0.444 e. The lowest BCUT2D eigenvalue weighted by atomic mass is 10.1. The minimum absolute atomic E-state index is 0.0304. The van der Waals surface area contributed by atoms with E-state index in [2.05, 4.69) is 30.9 Å². The van der Waals surface area contributed by atoms with Gasteiger partial charge in [0.25, 0.3) is 0 Å². The third-order valence-corrected chi connectivity index (χ3v) is 7.55. The Labute approximate surface area is 233 Å². The highest BCUT2D eigenvalue weighted by atomic mass is 16.6. The fourth-order valence-electron chi connectivity index (χ4n) is 5.76. The van der Waals surface area contributed by atoms with Crippen LogP contribution in [-0.2, 0) is 15.9 Å². The molecule has 2 saturated heterocycles. The van der Waals surface area contributed by atoms with Crippen LogP contribution < -0.4 is 5.32 Å². The number of ether oxygens (including phenoxy) is 2. The predicted molar refractivity (Wildman–Crippen MR) is 152 cm³/mol. The van der Waals surface area contributed by atoms with Crippen LogP contribution in [0.4, 0.5) is 10.6 Å². The number of nitrogens with zero attached hydrogens (tertiary/aromatic N) is 7. The number of hydrogen-bond acceptors (Lipinski definition) is 8. The van der Waals surface area contributed by atoms with Crippen LogP contribution >= 0.6 is 0 Å². The third kappa shape index (κ3) is 5.47. The lowest BCUT2D eigenvalue weighted by molar-refractivity contribution is -0.0298. The number of rotatable bonds is 6. The zero-order valence-corrected chi connectivity index (χ0v) is 23.5. The van der Waals surface area contributed by atoms with Crippen LogP contribution in [0.25, 0.3) is 22.2 Å². The number of benzene rings is 1. The highest BCUT2D eigenvalue weighted by Gasteiger charge is 2.30. The monoisotopic (exact) mass is 546 g/mol. The molecule has 2 aliphatic heterocycles. The van der Waals surface area contributed by atoms with E-state index in [9.17, 15) is 4.79 Å². The molecule has 0 aliphatic carbocycles. The van der Waals surface area contributed by atoms with Gasteiger partial charge in [-0.1, -0.05) is 12.1 Å². The van der Waals surface area contributed by atoms with Crippen LogP contribution in [0.1, 0.15) is 71.0 Å². The van der Waals surface area contributed by atoms with Crippen molar-refractivity contribution in [1.29, 1.82) is 0 Å². The standard InChI is InChI=1S/C29H38N8O3/c1-29(2,3)40-28(38)35-15-8-9-20(17-35)37-22-11-5-4-10-21(22)34-23(37)13-14-30-26-25-27(32-18-31-26)36(19-33-25)24-12-6-7-16-39-24/h4-5,10-11,18-20,24H,6-9,12-17H2,1-3H3,(H,30,31,32)/t20-,24+/m1/s1. The zero-order valence-electron chi connectivity index (χ0n) is 23.5. The van der Waals surface area contributed by atoms with Crippen LogP contribution in [0.3, 0.4) is 0 Å². The first kappa shape index (κ1) is 26.5. The minimum atomic E-state index is -0.520. The van der Waals surface area contributed by atoms with Crippen molar-refractivity contribution >= 4 is 34.1 Å². The molecule has 0 bridgehead atoms. The summed E-state index contributed by atoms with van der Waals surface area (Å²) in [6.45, 7) is 8.41. The van der Waals surface area contributed by atoms with E-state index >= 15 is 0 Å². The van der Waals surface area contributed by atoms with E-state index in [4.69, 9.17) is 14.5 Å². The number of para-hydroxylation sites is 2. The minimum Gasteiger partial charge on any atom is -0.444 e. The first-order valence-corrected chi connectivity index (χ1v) is 14.3. The van der Waals surface area contributed by atoms with Gasteiger partial charge in [-0.2, -0.15) is 0 Å². The number of nitrogens with one attached hydrogen (secondary N) is 1. The molecule has 212 valence electrons. The van der Waals surface area contributed by atoms with Crippen molar-refractivity contribution in [2.75, 3.05) is 31.6 Å². The number of carbonyl (C=O) groups is 1. The molecular weight excluding hydrogens is 508 g/mol. The van der Waals surface area contributed by atoms with Gasteiger partial charge in [0.15, 0.2) is 17.0 Å². The summed E-state index contributed by atoms with van der Waals surface area (Å²) in [6, 6.07) is 8.34. The first-order chi connectivity index (χ1) is 19.4. The smallest absolute Gasteiger partial charge is 0.410 e. The van der Waals surface area contributed by atoms with E-state index < -0.39 is 5.60 Å².